The Bertz CT molecular complexity index is 978. The van der Waals surface area contributed by atoms with E-state index in [-0.39, 0.29) is 10.8 Å². The van der Waals surface area contributed by atoms with Crippen LogP contribution < -0.4 is 16.0 Å². The Labute approximate surface area is 160 Å². The minimum absolute atomic E-state index is 0.275. The number of fused-ring (bicyclic) bond motifs is 1. The van der Waals surface area contributed by atoms with Gasteiger partial charge in [0.1, 0.15) is 15.7 Å². The fourth-order valence-corrected chi connectivity index (χ4v) is 3.83. The second-order valence-electron chi connectivity index (χ2n) is 6.19. The third-order valence-corrected chi connectivity index (χ3v) is 5.49. The van der Waals surface area contributed by atoms with Crippen molar-refractivity contribution >= 4 is 39.8 Å². The Hall–Kier alpha value is -3.13. The second kappa shape index (κ2) is 7.24. The normalized spacial score (nSPS) is 12.7. The molecule has 140 valence electrons. The van der Waals surface area contributed by atoms with Crippen LogP contribution in [0.3, 0.4) is 0 Å². The minimum atomic E-state index is -0.650. The fraction of sp³-hybridized carbons (Fsp3) is 0.211. The lowest BCUT2D eigenvalue weighted by Gasteiger charge is -2.16. The zero-order chi connectivity index (χ0) is 19.7. The minimum Gasteiger partial charge on any atom is -0.451 e. The first kappa shape index (κ1) is 18.7. The van der Waals surface area contributed by atoms with Gasteiger partial charge in [0.05, 0.1) is 5.56 Å². The van der Waals surface area contributed by atoms with Gasteiger partial charge in [0.15, 0.2) is 6.61 Å². The van der Waals surface area contributed by atoms with Crippen LogP contribution in [0, 0.1) is 20.8 Å². The third kappa shape index (κ3) is 3.70. The highest BCUT2D eigenvalue weighted by Crippen LogP contribution is 2.36. The smallest absolute Gasteiger partial charge is 0.349 e. The summed E-state index contributed by atoms with van der Waals surface area (Å²) in [5.41, 5.74) is 3.58. The highest BCUT2D eigenvalue weighted by atomic mass is 32.1. The van der Waals surface area contributed by atoms with Gasteiger partial charge >= 0.3 is 5.97 Å². The molecular formula is C19H19N3O4S. The molecule has 1 aromatic carbocycles. The molecule has 0 bridgehead atoms. The van der Waals surface area contributed by atoms with Crippen molar-refractivity contribution in [3.8, 4) is 0 Å². The van der Waals surface area contributed by atoms with E-state index < -0.39 is 18.5 Å². The zero-order valence-corrected chi connectivity index (χ0v) is 16.0. The van der Waals surface area contributed by atoms with Gasteiger partial charge in [0.25, 0.3) is 11.8 Å². The molecule has 0 unspecified atom stereocenters. The maximum absolute atomic E-state index is 12.4. The van der Waals surface area contributed by atoms with Crippen molar-refractivity contribution in [2.75, 3.05) is 17.2 Å². The number of nitrogens with one attached hydrogen (secondary N) is 3. The SMILES string of the molecule is C=C1NC(=O)c2c(sc(C(=O)OCC(=O)Nc3cccc(C)c3C)c2C)N1. The molecule has 2 aromatic rings. The van der Waals surface area contributed by atoms with Crippen LogP contribution in [0.15, 0.2) is 30.6 Å². The number of rotatable bonds is 4. The molecule has 3 N–H and O–H groups in total. The predicted octanol–water partition coefficient (Wildman–Crippen LogP) is 3.10. The summed E-state index contributed by atoms with van der Waals surface area (Å²) in [6.07, 6.45) is 0. The summed E-state index contributed by atoms with van der Waals surface area (Å²) < 4.78 is 5.13. The molecule has 2 amide bonds. The summed E-state index contributed by atoms with van der Waals surface area (Å²) in [6.45, 7) is 8.76. The Kier molecular flexibility index (Phi) is 5.00. The molecule has 8 heteroatoms. The van der Waals surface area contributed by atoms with Crippen LogP contribution >= 0.6 is 11.3 Å². The largest absolute Gasteiger partial charge is 0.451 e. The van der Waals surface area contributed by atoms with Crippen molar-refractivity contribution in [2.45, 2.75) is 20.8 Å². The summed E-state index contributed by atoms with van der Waals surface area (Å²) in [7, 11) is 0. The van der Waals surface area contributed by atoms with E-state index in [9.17, 15) is 14.4 Å². The Morgan fingerprint density at radius 3 is 2.67 bits per heavy atom. The van der Waals surface area contributed by atoms with Gasteiger partial charge in [-0.05, 0) is 43.5 Å². The van der Waals surface area contributed by atoms with Crippen LogP contribution in [-0.4, -0.2) is 24.4 Å². The molecular weight excluding hydrogens is 366 g/mol. The number of ether oxygens (including phenoxy) is 1. The molecule has 3 rings (SSSR count). The van der Waals surface area contributed by atoms with Gasteiger partial charge in [-0.2, -0.15) is 0 Å². The Morgan fingerprint density at radius 1 is 1.19 bits per heavy atom. The van der Waals surface area contributed by atoms with Crippen LogP contribution in [0.25, 0.3) is 0 Å². The van der Waals surface area contributed by atoms with Gasteiger partial charge in [-0.25, -0.2) is 4.79 Å². The van der Waals surface area contributed by atoms with Gasteiger partial charge < -0.3 is 20.7 Å². The summed E-state index contributed by atoms with van der Waals surface area (Å²) in [5, 5.41) is 8.75. The molecule has 1 aromatic heterocycles. The van der Waals surface area contributed by atoms with Gasteiger partial charge in [-0.15, -0.1) is 11.3 Å². The highest BCUT2D eigenvalue weighted by molar-refractivity contribution is 7.18. The first-order valence-electron chi connectivity index (χ1n) is 8.21. The standard InChI is InChI=1S/C19H19N3O4S/c1-9-6-5-7-13(10(9)2)22-14(23)8-26-19(25)16-11(3)15-17(24)20-12(4)21-18(15)27-16/h5-7,21H,4,8H2,1-3H3,(H,20,24)(H,22,23). The van der Waals surface area contributed by atoms with E-state index in [1.165, 1.54) is 0 Å². The van der Waals surface area contributed by atoms with Crippen LogP contribution in [0.5, 0.6) is 0 Å². The van der Waals surface area contributed by atoms with E-state index >= 15 is 0 Å². The highest BCUT2D eigenvalue weighted by Gasteiger charge is 2.29. The van der Waals surface area contributed by atoms with E-state index in [1.807, 2.05) is 26.0 Å². The van der Waals surface area contributed by atoms with Crippen LogP contribution in [-0.2, 0) is 9.53 Å². The lowest BCUT2D eigenvalue weighted by molar-refractivity contribution is -0.119. The van der Waals surface area contributed by atoms with Gasteiger partial charge in [0, 0.05) is 5.69 Å². The Balaban J connectivity index is 1.67. The van der Waals surface area contributed by atoms with Crippen molar-refractivity contribution < 1.29 is 19.1 Å². The predicted molar refractivity (Wildman–Crippen MR) is 104 cm³/mol. The maximum Gasteiger partial charge on any atom is 0.349 e. The monoisotopic (exact) mass is 385 g/mol. The van der Waals surface area contributed by atoms with E-state index in [4.69, 9.17) is 4.74 Å². The fourth-order valence-electron chi connectivity index (χ4n) is 2.71. The number of amides is 2. The average Bonchev–Trinajstić information content (AvgIpc) is 2.93. The van der Waals surface area contributed by atoms with Gasteiger partial charge in [-0.1, -0.05) is 18.7 Å². The molecule has 2 heterocycles. The number of benzene rings is 1. The zero-order valence-electron chi connectivity index (χ0n) is 15.2. The molecule has 1 aliphatic heterocycles. The molecule has 0 radical (unpaired) electrons. The quantitative estimate of drug-likeness (QED) is 0.703. The molecule has 1 aliphatic rings. The van der Waals surface area contributed by atoms with E-state index in [1.54, 1.807) is 13.0 Å². The van der Waals surface area contributed by atoms with Crippen molar-refractivity contribution in [3.05, 3.63) is 57.7 Å². The number of esters is 1. The first-order valence-corrected chi connectivity index (χ1v) is 9.03. The number of hydrogen-bond donors (Lipinski definition) is 3. The van der Waals surface area contributed by atoms with Crippen molar-refractivity contribution in [1.29, 1.82) is 0 Å². The number of anilines is 2. The summed E-state index contributed by atoms with van der Waals surface area (Å²) in [4.78, 5) is 36.8. The second-order valence-corrected chi connectivity index (χ2v) is 7.21. The summed E-state index contributed by atoms with van der Waals surface area (Å²) in [5.74, 6) is -1.06. The van der Waals surface area contributed by atoms with Crippen LogP contribution in [0.1, 0.15) is 36.7 Å². The van der Waals surface area contributed by atoms with E-state index in [0.717, 1.165) is 22.5 Å². The Morgan fingerprint density at radius 2 is 1.93 bits per heavy atom. The number of aryl methyl sites for hydroxylation is 1. The molecule has 0 aliphatic carbocycles. The lowest BCUT2D eigenvalue weighted by atomic mass is 10.1. The molecule has 0 spiro atoms. The van der Waals surface area contributed by atoms with Gasteiger partial charge in [-0.3, -0.25) is 9.59 Å². The summed E-state index contributed by atoms with van der Waals surface area (Å²) >= 11 is 1.10. The molecule has 0 fully saturated rings. The maximum atomic E-state index is 12.4. The van der Waals surface area contributed by atoms with Gasteiger partial charge in [0.2, 0.25) is 0 Å². The van der Waals surface area contributed by atoms with Crippen LogP contribution in [0.4, 0.5) is 10.7 Å². The van der Waals surface area contributed by atoms with Crippen molar-refractivity contribution in [1.82, 2.24) is 5.32 Å². The van der Waals surface area contributed by atoms with Crippen LogP contribution in [0.2, 0.25) is 0 Å². The number of hydrogen-bond acceptors (Lipinski definition) is 6. The van der Waals surface area contributed by atoms with Crippen molar-refractivity contribution in [3.63, 3.8) is 0 Å². The van der Waals surface area contributed by atoms with Crippen molar-refractivity contribution in [2.24, 2.45) is 0 Å². The number of thiophene rings is 1. The molecule has 0 saturated carbocycles. The third-order valence-electron chi connectivity index (χ3n) is 4.30. The number of carbonyl (C=O) groups is 3. The molecule has 27 heavy (non-hydrogen) atoms. The molecule has 7 nitrogen and oxygen atoms in total. The number of carbonyl (C=O) groups excluding carboxylic acids is 3. The lowest BCUT2D eigenvalue weighted by Crippen LogP contribution is -2.31. The molecule has 0 atom stereocenters. The van der Waals surface area contributed by atoms with E-state index in [2.05, 4.69) is 22.5 Å². The summed E-state index contributed by atoms with van der Waals surface area (Å²) in [6, 6.07) is 5.58. The molecule has 0 saturated heterocycles. The average molecular weight is 385 g/mol. The first-order chi connectivity index (χ1) is 12.8. The van der Waals surface area contributed by atoms with E-state index in [0.29, 0.717) is 27.6 Å². The topological polar surface area (TPSA) is 96.5 Å².